The van der Waals surface area contributed by atoms with Crippen molar-refractivity contribution in [3.8, 4) is 0 Å². The third kappa shape index (κ3) is 2.62. The largest absolute Gasteiger partial charge is 0.328 e. The van der Waals surface area contributed by atoms with Crippen LogP contribution in [0.5, 0.6) is 0 Å². The van der Waals surface area contributed by atoms with Gasteiger partial charge in [-0.1, -0.05) is 43.3 Å². The van der Waals surface area contributed by atoms with Gasteiger partial charge in [-0.3, -0.25) is 4.98 Å². The molecule has 0 saturated carbocycles. The Bertz CT molecular complexity index is 659. The molecule has 0 aliphatic rings. The van der Waals surface area contributed by atoms with Gasteiger partial charge in [0, 0.05) is 24.5 Å². The number of benzene rings is 1. The molecule has 3 heteroatoms. The molecule has 0 radical (unpaired) electrons. The van der Waals surface area contributed by atoms with Crippen LogP contribution in [0.25, 0.3) is 0 Å². The second-order valence-corrected chi connectivity index (χ2v) is 4.87. The molecule has 0 spiro atoms. The minimum atomic E-state index is 0.273. The van der Waals surface area contributed by atoms with E-state index in [9.17, 15) is 0 Å². The summed E-state index contributed by atoms with van der Waals surface area (Å²) in [6, 6.07) is 16.4. The predicted octanol–water partition coefficient (Wildman–Crippen LogP) is 3.48. The second-order valence-electron chi connectivity index (χ2n) is 4.87. The smallest absolute Gasteiger partial charge is 0.116 e. The molecule has 0 amide bonds. The second kappa shape index (κ2) is 5.70. The van der Waals surface area contributed by atoms with Crippen molar-refractivity contribution in [2.75, 3.05) is 0 Å². The first-order valence-corrected chi connectivity index (χ1v) is 6.80. The van der Waals surface area contributed by atoms with Gasteiger partial charge in [0.05, 0.1) is 12.2 Å². The van der Waals surface area contributed by atoms with Gasteiger partial charge in [-0.25, -0.2) is 4.98 Å². The van der Waals surface area contributed by atoms with Crippen molar-refractivity contribution in [3.63, 3.8) is 0 Å². The third-order valence-corrected chi connectivity index (χ3v) is 3.49. The number of aromatic nitrogens is 3. The molecule has 3 rings (SSSR count). The molecule has 0 aliphatic heterocycles. The molecule has 2 heterocycles. The molecule has 3 aromatic rings. The molecule has 1 aromatic carbocycles. The van der Waals surface area contributed by atoms with Gasteiger partial charge in [-0.2, -0.15) is 0 Å². The van der Waals surface area contributed by atoms with Crippen LogP contribution >= 0.6 is 0 Å². The summed E-state index contributed by atoms with van der Waals surface area (Å²) in [4.78, 5) is 8.90. The zero-order valence-corrected chi connectivity index (χ0v) is 11.5. The van der Waals surface area contributed by atoms with E-state index in [1.807, 2.05) is 42.9 Å². The lowest BCUT2D eigenvalue weighted by molar-refractivity contribution is 0.679. The maximum atomic E-state index is 4.52. The Morgan fingerprint density at radius 1 is 0.950 bits per heavy atom. The zero-order valence-electron chi connectivity index (χ0n) is 11.5. The lowest BCUT2D eigenvalue weighted by Gasteiger charge is -2.14. The lowest BCUT2D eigenvalue weighted by atomic mass is 10.0. The first-order chi connectivity index (χ1) is 9.84. The fourth-order valence-electron chi connectivity index (χ4n) is 2.39. The Morgan fingerprint density at radius 3 is 2.50 bits per heavy atom. The summed E-state index contributed by atoms with van der Waals surface area (Å²) in [6.45, 7) is 2.94. The molecule has 0 bridgehead atoms. The highest BCUT2D eigenvalue weighted by molar-refractivity contribution is 5.25. The normalized spacial score (nSPS) is 12.2. The highest BCUT2D eigenvalue weighted by Gasteiger charge is 2.14. The highest BCUT2D eigenvalue weighted by atomic mass is 15.1. The highest BCUT2D eigenvalue weighted by Crippen LogP contribution is 2.22. The number of pyridine rings is 1. The topological polar surface area (TPSA) is 30.7 Å². The molecule has 100 valence electrons. The predicted molar refractivity (Wildman–Crippen MR) is 79.5 cm³/mol. The lowest BCUT2D eigenvalue weighted by Crippen LogP contribution is -2.09. The fraction of sp³-hybridized carbons (Fsp3) is 0.176. The standard InChI is InChI=1S/C17H17N3/c1-14(15-7-3-2-4-8-15)17-19-11-12-20(17)13-16-9-5-6-10-18-16/h2-12,14H,13H2,1H3/t14-/m0/s1. The van der Waals surface area contributed by atoms with Gasteiger partial charge in [0.15, 0.2) is 0 Å². The third-order valence-electron chi connectivity index (χ3n) is 3.49. The van der Waals surface area contributed by atoms with E-state index < -0.39 is 0 Å². The van der Waals surface area contributed by atoms with E-state index in [-0.39, 0.29) is 5.92 Å². The van der Waals surface area contributed by atoms with Gasteiger partial charge in [0.25, 0.3) is 0 Å². The molecule has 2 aromatic heterocycles. The Balaban J connectivity index is 1.87. The van der Waals surface area contributed by atoms with Crippen molar-refractivity contribution in [2.24, 2.45) is 0 Å². The van der Waals surface area contributed by atoms with E-state index >= 15 is 0 Å². The number of imidazole rings is 1. The first-order valence-electron chi connectivity index (χ1n) is 6.80. The molecule has 0 aliphatic carbocycles. The monoisotopic (exact) mass is 263 g/mol. The summed E-state index contributed by atoms with van der Waals surface area (Å²) in [5.74, 6) is 1.34. The fourth-order valence-corrected chi connectivity index (χ4v) is 2.39. The molecule has 0 fully saturated rings. The zero-order chi connectivity index (χ0) is 13.8. The average Bonchev–Trinajstić information content (AvgIpc) is 2.96. The van der Waals surface area contributed by atoms with E-state index in [1.165, 1.54) is 5.56 Å². The van der Waals surface area contributed by atoms with Crippen LogP contribution in [-0.2, 0) is 6.54 Å². The van der Waals surface area contributed by atoms with Crippen LogP contribution in [0.15, 0.2) is 67.1 Å². The Hall–Kier alpha value is -2.42. The summed E-state index contributed by atoms with van der Waals surface area (Å²) < 4.78 is 2.17. The van der Waals surface area contributed by atoms with Crippen LogP contribution in [0.4, 0.5) is 0 Å². The molecule has 0 saturated heterocycles. The van der Waals surface area contributed by atoms with Crippen molar-refractivity contribution < 1.29 is 0 Å². The molecule has 20 heavy (non-hydrogen) atoms. The van der Waals surface area contributed by atoms with Gasteiger partial charge in [0.2, 0.25) is 0 Å². The van der Waals surface area contributed by atoms with Gasteiger partial charge < -0.3 is 4.57 Å². The van der Waals surface area contributed by atoms with Crippen molar-refractivity contribution in [2.45, 2.75) is 19.4 Å². The minimum Gasteiger partial charge on any atom is -0.328 e. The van der Waals surface area contributed by atoms with Gasteiger partial charge in [-0.15, -0.1) is 0 Å². The maximum Gasteiger partial charge on any atom is 0.116 e. The van der Waals surface area contributed by atoms with Crippen molar-refractivity contribution in [3.05, 3.63) is 84.2 Å². The molecule has 0 N–H and O–H groups in total. The van der Waals surface area contributed by atoms with Crippen LogP contribution in [0.1, 0.15) is 29.9 Å². The maximum absolute atomic E-state index is 4.52. The summed E-state index contributed by atoms with van der Waals surface area (Å²) in [7, 11) is 0. The van der Waals surface area contributed by atoms with Crippen LogP contribution in [0.2, 0.25) is 0 Å². The first kappa shape index (κ1) is 12.6. The summed E-state index contributed by atoms with van der Waals surface area (Å²) >= 11 is 0. The molecular formula is C17H17N3. The van der Waals surface area contributed by atoms with E-state index in [0.717, 1.165) is 18.1 Å². The van der Waals surface area contributed by atoms with Crippen LogP contribution in [-0.4, -0.2) is 14.5 Å². The minimum absolute atomic E-state index is 0.273. The SMILES string of the molecule is C[C@@H](c1ccccc1)c1nccn1Cc1ccccn1. The molecule has 3 nitrogen and oxygen atoms in total. The summed E-state index contributed by atoms with van der Waals surface area (Å²) in [5.41, 5.74) is 2.33. The Morgan fingerprint density at radius 2 is 1.75 bits per heavy atom. The van der Waals surface area contributed by atoms with E-state index in [4.69, 9.17) is 0 Å². The summed E-state index contributed by atoms with van der Waals surface area (Å²) in [5, 5.41) is 0. The average molecular weight is 263 g/mol. The van der Waals surface area contributed by atoms with Crippen molar-refractivity contribution in [1.29, 1.82) is 0 Å². The number of hydrogen-bond acceptors (Lipinski definition) is 2. The molecular weight excluding hydrogens is 246 g/mol. The number of rotatable bonds is 4. The van der Waals surface area contributed by atoms with Gasteiger partial charge in [-0.05, 0) is 17.7 Å². The molecule has 0 unspecified atom stereocenters. The summed E-state index contributed by atoms with van der Waals surface area (Å²) in [6.07, 6.45) is 5.70. The van der Waals surface area contributed by atoms with Crippen LogP contribution < -0.4 is 0 Å². The van der Waals surface area contributed by atoms with Crippen molar-refractivity contribution >= 4 is 0 Å². The van der Waals surface area contributed by atoms with Crippen molar-refractivity contribution in [1.82, 2.24) is 14.5 Å². The van der Waals surface area contributed by atoms with E-state index in [1.54, 1.807) is 0 Å². The van der Waals surface area contributed by atoms with E-state index in [2.05, 4.69) is 45.7 Å². The molecule has 1 atom stereocenters. The Labute approximate surface area is 118 Å². The Kier molecular flexibility index (Phi) is 3.59. The quantitative estimate of drug-likeness (QED) is 0.721. The van der Waals surface area contributed by atoms with Gasteiger partial charge in [0.1, 0.15) is 5.82 Å². The van der Waals surface area contributed by atoms with E-state index in [0.29, 0.717) is 0 Å². The number of hydrogen-bond donors (Lipinski definition) is 0. The number of nitrogens with zero attached hydrogens (tertiary/aromatic N) is 3. The van der Waals surface area contributed by atoms with Crippen LogP contribution in [0, 0.1) is 0 Å². The van der Waals surface area contributed by atoms with Gasteiger partial charge >= 0.3 is 0 Å². The van der Waals surface area contributed by atoms with Crippen LogP contribution in [0.3, 0.4) is 0 Å².